The van der Waals surface area contributed by atoms with E-state index in [-0.39, 0.29) is 11.7 Å². The van der Waals surface area contributed by atoms with Crippen LogP contribution in [0.25, 0.3) is 0 Å². The van der Waals surface area contributed by atoms with Crippen LogP contribution in [0, 0.1) is 6.92 Å². The van der Waals surface area contributed by atoms with Crippen LogP contribution < -0.4 is 0 Å². The second kappa shape index (κ2) is 4.41. The Morgan fingerprint density at radius 3 is 3.11 bits per heavy atom. The summed E-state index contributed by atoms with van der Waals surface area (Å²) in [6, 6.07) is 5.77. The number of furan rings is 1. The molecule has 0 N–H and O–H groups in total. The third kappa shape index (κ3) is 1.76. The number of hydrogen-bond acceptors (Lipinski definition) is 3. The smallest absolute Gasteiger partial charge is 0.175 e. The Morgan fingerprint density at radius 1 is 1.44 bits per heavy atom. The Bertz CT molecular complexity index is 586. The molecule has 2 aromatic rings. The summed E-state index contributed by atoms with van der Waals surface area (Å²) in [6.07, 6.45) is 6.30. The quantitative estimate of drug-likeness (QED) is 0.758. The van der Waals surface area contributed by atoms with E-state index in [1.807, 2.05) is 13.0 Å². The number of nitrogens with zero attached hydrogens (tertiary/aromatic N) is 1. The summed E-state index contributed by atoms with van der Waals surface area (Å²) in [4.78, 5) is 17.0. The molecule has 0 radical (unpaired) electrons. The number of ketones is 1. The highest BCUT2D eigenvalue weighted by molar-refractivity contribution is 6.01. The summed E-state index contributed by atoms with van der Waals surface area (Å²) in [5, 5.41) is 0. The Kier molecular flexibility index (Phi) is 2.74. The molecule has 1 atom stereocenters. The van der Waals surface area contributed by atoms with E-state index in [1.54, 1.807) is 18.5 Å². The molecule has 0 aromatic carbocycles. The lowest BCUT2D eigenvalue weighted by molar-refractivity contribution is 0.0947. The molecule has 3 rings (SSSR count). The molecule has 2 aromatic heterocycles. The minimum absolute atomic E-state index is 0.105. The van der Waals surface area contributed by atoms with E-state index in [0.29, 0.717) is 11.3 Å². The van der Waals surface area contributed by atoms with Crippen LogP contribution in [0.4, 0.5) is 0 Å². The summed E-state index contributed by atoms with van der Waals surface area (Å²) in [5.74, 6) is 0.732. The number of rotatable bonds is 2. The first-order valence-electron chi connectivity index (χ1n) is 6.29. The van der Waals surface area contributed by atoms with Crippen LogP contribution in [0.2, 0.25) is 0 Å². The lowest BCUT2D eigenvalue weighted by Crippen LogP contribution is -2.20. The Balaban J connectivity index is 2.00. The van der Waals surface area contributed by atoms with Crippen molar-refractivity contribution in [1.29, 1.82) is 0 Å². The molecule has 18 heavy (non-hydrogen) atoms. The standard InChI is InChI=1S/C15H15NO2/c1-10-12(7-9-18-10)15(17)13-6-2-4-11-5-3-8-16-14(11)13/h3,5,7-9,13H,2,4,6H2,1H3. The van der Waals surface area contributed by atoms with Crippen molar-refractivity contribution in [3.63, 3.8) is 0 Å². The summed E-state index contributed by atoms with van der Waals surface area (Å²) < 4.78 is 5.22. The maximum atomic E-state index is 12.5. The minimum Gasteiger partial charge on any atom is -0.469 e. The molecule has 0 spiro atoms. The fourth-order valence-corrected chi connectivity index (χ4v) is 2.69. The molecule has 1 unspecified atom stereocenters. The normalized spacial score (nSPS) is 18.4. The van der Waals surface area contributed by atoms with Gasteiger partial charge in [-0.3, -0.25) is 9.78 Å². The SMILES string of the molecule is Cc1occc1C(=O)C1CCCc2cccnc21. The van der Waals surface area contributed by atoms with Gasteiger partial charge in [-0.05, 0) is 43.9 Å². The van der Waals surface area contributed by atoms with Gasteiger partial charge in [0.1, 0.15) is 5.76 Å². The zero-order chi connectivity index (χ0) is 12.5. The van der Waals surface area contributed by atoms with Crippen molar-refractivity contribution >= 4 is 5.78 Å². The van der Waals surface area contributed by atoms with E-state index in [2.05, 4.69) is 11.1 Å². The molecule has 2 heterocycles. The van der Waals surface area contributed by atoms with E-state index in [1.165, 1.54) is 5.56 Å². The Labute approximate surface area is 106 Å². The van der Waals surface area contributed by atoms with Crippen molar-refractivity contribution < 1.29 is 9.21 Å². The van der Waals surface area contributed by atoms with Gasteiger partial charge in [-0.15, -0.1) is 0 Å². The molecule has 0 saturated carbocycles. The van der Waals surface area contributed by atoms with Gasteiger partial charge >= 0.3 is 0 Å². The molecular weight excluding hydrogens is 226 g/mol. The van der Waals surface area contributed by atoms with E-state index < -0.39 is 0 Å². The molecule has 1 aliphatic rings. The molecule has 0 amide bonds. The van der Waals surface area contributed by atoms with Crippen molar-refractivity contribution in [3.05, 3.63) is 53.2 Å². The van der Waals surface area contributed by atoms with Crippen LogP contribution in [0.5, 0.6) is 0 Å². The third-order valence-corrected chi connectivity index (χ3v) is 3.64. The molecule has 1 aliphatic carbocycles. The number of aryl methyl sites for hydroxylation is 2. The van der Waals surface area contributed by atoms with Crippen molar-refractivity contribution in [3.8, 4) is 0 Å². The topological polar surface area (TPSA) is 43.1 Å². The zero-order valence-corrected chi connectivity index (χ0v) is 10.3. The summed E-state index contributed by atoms with van der Waals surface area (Å²) in [6.45, 7) is 1.83. The average Bonchev–Trinajstić information content (AvgIpc) is 2.83. The van der Waals surface area contributed by atoms with Gasteiger partial charge in [0, 0.05) is 6.20 Å². The van der Waals surface area contributed by atoms with Crippen molar-refractivity contribution in [2.24, 2.45) is 0 Å². The van der Waals surface area contributed by atoms with Crippen LogP contribution in [0.3, 0.4) is 0 Å². The Hall–Kier alpha value is -1.90. The van der Waals surface area contributed by atoms with E-state index >= 15 is 0 Å². The molecule has 92 valence electrons. The molecule has 0 bridgehead atoms. The van der Waals surface area contributed by atoms with Gasteiger partial charge in [-0.25, -0.2) is 0 Å². The van der Waals surface area contributed by atoms with Crippen LogP contribution in [-0.4, -0.2) is 10.8 Å². The van der Waals surface area contributed by atoms with E-state index in [4.69, 9.17) is 4.42 Å². The fraction of sp³-hybridized carbons (Fsp3) is 0.333. The molecular formula is C15H15NO2. The van der Waals surface area contributed by atoms with Gasteiger partial charge in [0.25, 0.3) is 0 Å². The molecule has 3 nitrogen and oxygen atoms in total. The second-order valence-corrected chi connectivity index (χ2v) is 4.75. The maximum Gasteiger partial charge on any atom is 0.175 e. The maximum absolute atomic E-state index is 12.5. The van der Waals surface area contributed by atoms with Crippen LogP contribution >= 0.6 is 0 Å². The number of fused-ring (bicyclic) bond motifs is 1. The van der Waals surface area contributed by atoms with Crippen LogP contribution in [0.15, 0.2) is 35.1 Å². The van der Waals surface area contributed by atoms with Gasteiger partial charge in [0.05, 0.1) is 23.4 Å². The third-order valence-electron chi connectivity index (χ3n) is 3.64. The molecule has 0 saturated heterocycles. The molecule has 0 aliphatic heterocycles. The second-order valence-electron chi connectivity index (χ2n) is 4.75. The van der Waals surface area contributed by atoms with Crippen molar-refractivity contribution in [2.45, 2.75) is 32.1 Å². The number of aromatic nitrogens is 1. The molecule has 0 fully saturated rings. The minimum atomic E-state index is -0.105. The van der Waals surface area contributed by atoms with E-state index in [0.717, 1.165) is 25.0 Å². The fourth-order valence-electron chi connectivity index (χ4n) is 2.69. The summed E-state index contributed by atoms with van der Waals surface area (Å²) >= 11 is 0. The van der Waals surface area contributed by atoms with Crippen LogP contribution in [0.1, 0.15) is 46.1 Å². The molecule has 3 heteroatoms. The monoisotopic (exact) mass is 241 g/mol. The van der Waals surface area contributed by atoms with Crippen molar-refractivity contribution in [2.75, 3.05) is 0 Å². The number of hydrogen-bond donors (Lipinski definition) is 0. The number of carbonyl (C=O) groups is 1. The number of pyridine rings is 1. The average molecular weight is 241 g/mol. The number of Topliss-reactive ketones (excluding diaryl/α,β-unsaturated/α-hetero) is 1. The summed E-state index contributed by atoms with van der Waals surface area (Å²) in [7, 11) is 0. The zero-order valence-electron chi connectivity index (χ0n) is 10.3. The summed E-state index contributed by atoms with van der Waals surface area (Å²) in [5.41, 5.74) is 2.86. The first kappa shape index (κ1) is 11.2. The first-order chi connectivity index (χ1) is 8.77. The first-order valence-corrected chi connectivity index (χ1v) is 6.29. The van der Waals surface area contributed by atoms with Gasteiger partial charge in [0.2, 0.25) is 0 Å². The van der Waals surface area contributed by atoms with Crippen molar-refractivity contribution in [1.82, 2.24) is 4.98 Å². The predicted octanol–water partition coefficient (Wildman–Crippen LogP) is 3.29. The lowest BCUT2D eigenvalue weighted by atomic mass is 9.82. The lowest BCUT2D eigenvalue weighted by Gasteiger charge is -2.22. The number of carbonyl (C=O) groups excluding carboxylic acids is 1. The highest BCUT2D eigenvalue weighted by Gasteiger charge is 2.29. The van der Waals surface area contributed by atoms with Gasteiger partial charge < -0.3 is 4.42 Å². The highest BCUT2D eigenvalue weighted by Crippen LogP contribution is 2.33. The van der Waals surface area contributed by atoms with Gasteiger partial charge in [-0.1, -0.05) is 6.07 Å². The highest BCUT2D eigenvalue weighted by atomic mass is 16.3. The van der Waals surface area contributed by atoms with Gasteiger partial charge in [0.15, 0.2) is 5.78 Å². The Morgan fingerprint density at radius 2 is 2.33 bits per heavy atom. The van der Waals surface area contributed by atoms with E-state index in [9.17, 15) is 4.79 Å². The van der Waals surface area contributed by atoms with Gasteiger partial charge in [-0.2, -0.15) is 0 Å². The predicted molar refractivity (Wildman–Crippen MR) is 67.7 cm³/mol. The van der Waals surface area contributed by atoms with Crippen LogP contribution in [-0.2, 0) is 6.42 Å². The largest absolute Gasteiger partial charge is 0.469 e.